The fourth-order valence-electron chi connectivity index (χ4n) is 8.20. The van der Waals surface area contributed by atoms with Crippen LogP contribution < -0.4 is 10.2 Å². The molecule has 228 valence electrons. The number of phenols is 1. The Hall–Kier alpha value is -3.76. The monoisotopic (exact) mass is 600 g/mol. The summed E-state index contributed by atoms with van der Waals surface area (Å²) in [6.07, 6.45) is 9.44. The Bertz CT molecular complexity index is 1820. The molecular formula is C34H35F3N6O. The van der Waals surface area contributed by atoms with Crippen LogP contribution in [0.1, 0.15) is 50.4 Å². The Morgan fingerprint density at radius 3 is 2.73 bits per heavy atom. The number of anilines is 1. The number of fused-ring (bicyclic) bond motifs is 5. The summed E-state index contributed by atoms with van der Waals surface area (Å²) in [5, 5.41) is 15.8. The van der Waals surface area contributed by atoms with Gasteiger partial charge in [0.1, 0.15) is 34.8 Å². The molecule has 0 spiro atoms. The van der Waals surface area contributed by atoms with Gasteiger partial charge < -0.3 is 15.3 Å². The van der Waals surface area contributed by atoms with Crippen LogP contribution in [0.4, 0.5) is 19.0 Å². The SMILES string of the molecule is CCc1c(F)ccc2cc(O)cc(-c3ncc4c(N5C[C@H]6CC[C@@H](C5)N6)nc(/C=C/C56CCCN5CC(F)C6)nc4c3F)c12. The van der Waals surface area contributed by atoms with E-state index >= 15 is 4.39 Å². The largest absolute Gasteiger partial charge is 0.508 e. The van der Waals surface area contributed by atoms with E-state index in [9.17, 15) is 13.9 Å². The summed E-state index contributed by atoms with van der Waals surface area (Å²) < 4.78 is 46.2. The van der Waals surface area contributed by atoms with Crippen LogP contribution in [0.25, 0.3) is 39.0 Å². The molecule has 4 atom stereocenters. The molecule has 2 unspecified atom stereocenters. The van der Waals surface area contributed by atoms with Crippen LogP contribution in [0.5, 0.6) is 5.75 Å². The fraction of sp³-hybridized carbons (Fsp3) is 0.441. The zero-order valence-electron chi connectivity index (χ0n) is 24.7. The molecule has 0 aliphatic carbocycles. The van der Waals surface area contributed by atoms with Crippen molar-refractivity contribution < 1.29 is 18.3 Å². The van der Waals surface area contributed by atoms with Crippen LogP contribution in [0.2, 0.25) is 0 Å². The number of phenolic OH excluding ortho intramolecular Hbond substituents is 1. The number of hydrogen-bond acceptors (Lipinski definition) is 7. The van der Waals surface area contributed by atoms with Crippen LogP contribution in [0, 0.1) is 11.6 Å². The Morgan fingerprint density at radius 1 is 1.11 bits per heavy atom. The van der Waals surface area contributed by atoms with Gasteiger partial charge in [0.15, 0.2) is 11.6 Å². The molecule has 4 fully saturated rings. The first kappa shape index (κ1) is 27.8. The summed E-state index contributed by atoms with van der Waals surface area (Å²) in [4.78, 5) is 18.6. The van der Waals surface area contributed by atoms with E-state index in [0.717, 1.165) is 45.3 Å². The second-order valence-electron chi connectivity index (χ2n) is 12.9. The lowest BCUT2D eigenvalue weighted by molar-refractivity contribution is 0.247. The molecule has 0 saturated carbocycles. The fourth-order valence-corrected chi connectivity index (χ4v) is 8.20. The standard InChI is InChI=1S/C34H35F3N6O/c1-2-24-27(36)7-4-19-12-23(44)13-25(29(19)24)31-30(37)32-26(15-38-31)33(42-17-21-5-6-22(18-42)39-21)41-28(40-32)8-10-34-9-3-11-43(34)16-20(35)14-34/h4,7-8,10,12-13,15,20-22,39,44H,2-3,5-6,9,11,14,16-18H2,1H3/b10-8+/t20?,21-,22+,34?. The number of nitrogens with zero attached hydrogens (tertiary/aromatic N) is 5. The quantitative estimate of drug-likeness (QED) is 0.295. The number of aromatic hydroxyl groups is 1. The maximum absolute atomic E-state index is 16.8. The highest BCUT2D eigenvalue weighted by atomic mass is 19.1. The smallest absolute Gasteiger partial charge is 0.175 e. The van der Waals surface area contributed by atoms with Crippen molar-refractivity contribution >= 4 is 33.6 Å². The van der Waals surface area contributed by atoms with Gasteiger partial charge in [0.05, 0.1) is 5.39 Å². The second kappa shape index (κ2) is 10.4. The highest BCUT2D eigenvalue weighted by Gasteiger charge is 2.47. The third-order valence-corrected chi connectivity index (χ3v) is 10.2. The molecule has 8 rings (SSSR count). The lowest BCUT2D eigenvalue weighted by Gasteiger charge is -2.34. The minimum Gasteiger partial charge on any atom is -0.508 e. The average Bonchev–Trinajstić information content (AvgIpc) is 3.66. The summed E-state index contributed by atoms with van der Waals surface area (Å²) in [7, 11) is 0. The predicted molar refractivity (Wildman–Crippen MR) is 165 cm³/mol. The Kier molecular flexibility index (Phi) is 6.57. The molecule has 4 aromatic rings. The topological polar surface area (TPSA) is 77.4 Å². The number of hydrogen-bond donors (Lipinski definition) is 2. The van der Waals surface area contributed by atoms with Gasteiger partial charge in [0, 0.05) is 55.4 Å². The zero-order valence-corrected chi connectivity index (χ0v) is 24.7. The first-order valence-corrected chi connectivity index (χ1v) is 15.7. The number of pyridine rings is 1. The van der Waals surface area contributed by atoms with Crippen LogP contribution in [-0.4, -0.2) is 74.9 Å². The normalized spacial score (nSPS) is 26.9. The van der Waals surface area contributed by atoms with Crippen LogP contribution in [0.3, 0.4) is 0 Å². The van der Waals surface area contributed by atoms with Crippen molar-refractivity contribution in [3.63, 3.8) is 0 Å². The Labute approximate surface area is 253 Å². The lowest BCUT2D eigenvalue weighted by Crippen LogP contribution is -2.51. The van der Waals surface area contributed by atoms with Crippen molar-refractivity contribution in [1.82, 2.24) is 25.2 Å². The van der Waals surface area contributed by atoms with Gasteiger partial charge in [-0.3, -0.25) is 9.88 Å². The number of nitrogens with one attached hydrogen (secondary N) is 1. The van der Waals surface area contributed by atoms with Crippen molar-refractivity contribution in [1.29, 1.82) is 0 Å². The third kappa shape index (κ3) is 4.44. The molecule has 4 aliphatic rings. The van der Waals surface area contributed by atoms with Gasteiger partial charge in [-0.15, -0.1) is 0 Å². The van der Waals surface area contributed by atoms with Gasteiger partial charge >= 0.3 is 0 Å². The number of rotatable bonds is 5. The molecule has 44 heavy (non-hydrogen) atoms. The number of halogens is 3. The molecule has 2 aromatic carbocycles. The van der Waals surface area contributed by atoms with Crippen molar-refractivity contribution in [2.75, 3.05) is 31.1 Å². The van der Waals surface area contributed by atoms with E-state index in [2.05, 4.69) is 20.1 Å². The van der Waals surface area contributed by atoms with Gasteiger partial charge in [-0.05, 0) is 79.3 Å². The Morgan fingerprint density at radius 2 is 1.93 bits per heavy atom. The number of benzene rings is 2. The van der Waals surface area contributed by atoms with Gasteiger partial charge in [-0.1, -0.05) is 19.1 Å². The number of aromatic nitrogens is 3. The van der Waals surface area contributed by atoms with Crippen LogP contribution in [0.15, 0.2) is 36.5 Å². The molecule has 6 heterocycles. The van der Waals surface area contributed by atoms with Gasteiger partial charge in [0.2, 0.25) is 0 Å². The molecule has 2 N–H and O–H groups in total. The van der Waals surface area contributed by atoms with E-state index in [1.807, 2.05) is 19.1 Å². The summed E-state index contributed by atoms with van der Waals surface area (Å²) in [5.41, 5.74) is 0.496. The van der Waals surface area contributed by atoms with Gasteiger partial charge in [-0.2, -0.15) is 0 Å². The van der Waals surface area contributed by atoms with Crippen molar-refractivity contribution in [3.05, 3.63) is 59.6 Å². The number of aryl methyl sites for hydroxylation is 1. The van der Waals surface area contributed by atoms with Crippen molar-refractivity contribution in [3.8, 4) is 17.0 Å². The first-order valence-electron chi connectivity index (χ1n) is 15.7. The molecule has 2 bridgehead atoms. The van der Waals surface area contributed by atoms with Crippen molar-refractivity contribution in [2.45, 2.75) is 69.2 Å². The molecule has 2 aromatic heterocycles. The van der Waals surface area contributed by atoms with Gasteiger partial charge in [0.25, 0.3) is 0 Å². The molecule has 0 radical (unpaired) electrons. The summed E-state index contributed by atoms with van der Waals surface area (Å²) in [6.45, 7) is 4.62. The predicted octanol–water partition coefficient (Wildman–Crippen LogP) is 5.92. The minimum atomic E-state index is -0.870. The van der Waals surface area contributed by atoms with E-state index in [4.69, 9.17) is 9.97 Å². The first-order chi connectivity index (χ1) is 21.3. The third-order valence-electron chi connectivity index (χ3n) is 10.2. The number of piperazine rings is 1. The average molecular weight is 601 g/mol. The van der Waals surface area contributed by atoms with E-state index in [1.54, 1.807) is 18.3 Å². The van der Waals surface area contributed by atoms with E-state index in [1.165, 1.54) is 12.1 Å². The molecule has 0 amide bonds. The van der Waals surface area contributed by atoms with E-state index in [-0.39, 0.29) is 28.3 Å². The Balaban J connectivity index is 1.31. The molecule has 4 saturated heterocycles. The van der Waals surface area contributed by atoms with Crippen molar-refractivity contribution in [2.24, 2.45) is 0 Å². The highest BCUT2D eigenvalue weighted by Crippen LogP contribution is 2.42. The van der Waals surface area contributed by atoms with E-state index in [0.29, 0.717) is 70.4 Å². The molecule has 7 nitrogen and oxygen atoms in total. The van der Waals surface area contributed by atoms with E-state index < -0.39 is 12.0 Å². The highest BCUT2D eigenvalue weighted by molar-refractivity contribution is 6.01. The lowest BCUT2D eigenvalue weighted by atomic mass is 9.93. The summed E-state index contributed by atoms with van der Waals surface area (Å²) in [6, 6.07) is 6.62. The van der Waals surface area contributed by atoms with Gasteiger partial charge in [-0.25, -0.2) is 23.1 Å². The molecule has 4 aliphatic heterocycles. The molecule has 10 heteroatoms. The summed E-state index contributed by atoms with van der Waals surface area (Å²) in [5.74, 6) is -0.112. The zero-order chi connectivity index (χ0) is 30.2. The van der Waals surface area contributed by atoms with Crippen LogP contribution >= 0.6 is 0 Å². The van der Waals surface area contributed by atoms with Crippen LogP contribution in [-0.2, 0) is 6.42 Å². The second-order valence-corrected chi connectivity index (χ2v) is 12.9. The molecular weight excluding hydrogens is 565 g/mol. The minimum absolute atomic E-state index is 0.00437. The maximum Gasteiger partial charge on any atom is 0.175 e. The summed E-state index contributed by atoms with van der Waals surface area (Å²) >= 11 is 0. The maximum atomic E-state index is 16.8. The number of alkyl halides is 1.